The molecule has 10 heavy (non-hydrogen) atoms. The van der Waals surface area contributed by atoms with Gasteiger partial charge in [-0.2, -0.15) is 0 Å². The van der Waals surface area contributed by atoms with E-state index in [2.05, 4.69) is 9.05 Å². The Labute approximate surface area is 72.7 Å². The van der Waals surface area contributed by atoms with E-state index in [-0.39, 0.29) is 32.1 Å². The van der Waals surface area contributed by atoms with E-state index >= 15 is 0 Å². The fraction of sp³-hybridized carbons (Fsp3) is 1.00. The van der Waals surface area contributed by atoms with Crippen LogP contribution in [0.5, 0.6) is 0 Å². The maximum absolute atomic E-state index is 10.5. The van der Waals surface area contributed by atoms with E-state index in [1.165, 1.54) is 0 Å². The molecule has 0 atom stereocenters. The quantitative estimate of drug-likeness (QED) is 0.488. The number of phosphoric acid groups is 1. The van der Waals surface area contributed by atoms with Crippen LogP contribution in [-0.2, 0) is 13.6 Å². The summed E-state index contributed by atoms with van der Waals surface area (Å²) >= 11 is 0. The Bertz CT molecular complexity index is 108. The minimum absolute atomic E-state index is 0. The normalized spacial score (nSPS) is 10.7. The summed E-state index contributed by atoms with van der Waals surface area (Å²) < 4.78 is 19.2. The molecule has 0 aromatic heterocycles. The molecule has 0 amide bonds. The average molecular weight is 161 g/mol. The van der Waals surface area contributed by atoms with Gasteiger partial charge in [0.15, 0.2) is 0 Å². The summed E-state index contributed by atoms with van der Waals surface area (Å²) in [6.45, 7) is 3.63. The van der Waals surface area contributed by atoms with Crippen molar-refractivity contribution in [1.82, 2.24) is 0 Å². The van der Waals surface area contributed by atoms with Gasteiger partial charge in [0.25, 0.3) is 0 Å². The van der Waals surface area contributed by atoms with E-state index in [1.807, 2.05) is 0 Å². The van der Waals surface area contributed by atoms with Crippen molar-refractivity contribution in [1.29, 1.82) is 0 Å². The topological polar surface area (TPSA) is 55.8 Å². The molecular formula is C4H11LiO4P. The number of hydrogen-bond acceptors (Lipinski definition) is 3. The second-order valence-corrected chi connectivity index (χ2v) is 2.76. The second-order valence-electron chi connectivity index (χ2n) is 1.30. The standard InChI is InChI=1S/C4H11O4P.Li/c1-3-7-9(5,6)8-4-2;/h3-4H2,1-2H3,(H,5,6);. The molecule has 0 aliphatic carbocycles. The molecule has 0 bridgehead atoms. The van der Waals surface area contributed by atoms with Crippen molar-refractivity contribution in [2.45, 2.75) is 13.8 Å². The van der Waals surface area contributed by atoms with E-state index in [4.69, 9.17) is 4.89 Å². The molecule has 0 aliphatic rings. The van der Waals surface area contributed by atoms with Gasteiger partial charge in [-0.15, -0.1) is 0 Å². The van der Waals surface area contributed by atoms with Gasteiger partial charge in [0.05, 0.1) is 13.2 Å². The summed E-state index contributed by atoms with van der Waals surface area (Å²) in [5, 5.41) is 0. The van der Waals surface area contributed by atoms with Gasteiger partial charge >= 0.3 is 7.82 Å². The first-order chi connectivity index (χ1) is 4.12. The van der Waals surface area contributed by atoms with E-state index in [1.54, 1.807) is 13.8 Å². The van der Waals surface area contributed by atoms with Crippen molar-refractivity contribution in [3.05, 3.63) is 0 Å². The van der Waals surface area contributed by atoms with Gasteiger partial charge in [0.1, 0.15) is 0 Å². The van der Waals surface area contributed by atoms with Crippen LogP contribution >= 0.6 is 7.82 Å². The molecule has 0 aliphatic heterocycles. The number of phosphoric ester groups is 1. The number of hydrogen-bond donors (Lipinski definition) is 1. The van der Waals surface area contributed by atoms with E-state index in [0.717, 1.165) is 0 Å². The van der Waals surface area contributed by atoms with Crippen LogP contribution < -0.4 is 0 Å². The monoisotopic (exact) mass is 161 g/mol. The van der Waals surface area contributed by atoms with Gasteiger partial charge in [-0.25, -0.2) is 4.57 Å². The first-order valence-electron chi connectivity index (χ1n) is 2.74. The molecule has 0 saturated carbocycles. The summed E-state index contributed by atoms with van der Waals surface area (Å²) in [5.74, 6) is 0. The molecule has 0 saturated heterocycles. The molecule has 0 unspecified atom stereocenters. The summed E-state index contributed by atoms with van der Waals surface area (Å²) in [4.78, 5) is 8.63. The van der Waals surface area contributed by atoms with Crippen LogP contribution in [-0.4, -0.2) is 37.0 Å². The van der Waals surface area contributed by atoms with Crippen molar-refractivity contribution in [2.75, 3.05) is 13.2 Å². The third-order valence-electron chi connectivity index (χ3n) is 0.584. The molecule has 0 fully saturated rings. The van der Waals surface area contributed by atoms with Gasteiger partial charge in [0, 0.05) is 18.9 Å². The van der Waals surface area contributed by atoms with E-state index in [9.17, 15) is 4.57 Å². The van der Waals surface area contributed by atoms with Crippen LogP contribution in [0, 0.1) is 0 Å². The van der Waals surface area contributed by atoms with E-state index in [0.29, 0.717) is 0 Å². The summed E-state index contributed by atoms with van der Waals surface area (Å²) in [7, 11) is -3.69. The molecule has 4 nitrogen and oxygen atoms in total. The molecule has 1 radical (unpaired) electrons. The zero-order valence-corrected chi connectivity index (χ0v) is 7.43. The molecule has 0 aromatic rings. The van der Waals surface area contributed by atoms with Crippen molar-refractivity contribution < 1.29 is 18.5 Å². The van der Waals surface area contributed by atoms with Gasteiger partial charge in [0.2, 0.25) is 0 Å². The largest absolute Gasteiger partial charge is 0.472 e. The Morgan fingerprint density at radius 2 is 1.60 bits per heavy atom. The van der Waals surface area contributed by atoms with Crippen LogP contribution in [0.15, 0.2) is 0 Å². The predicted octanol–water partition coefficient (Wildman–Crippen LogP) is 0.779. The summed E-state index contributed by atoms with van der Waals surface area (Å²) in [5.41, 5.74) is 0. The Morgan fingerprint density at radius 1 is 1.30 bits per heavy atom. The predicted molar refractivity (Wildman–Crippen MR) is 38.8 cm³/mol. The molecule has 57 valence electrons. The van der Waals surface area contributed by atoms with Gasteiger partial charge < -0.3 is 4.89 Å². The number of rotatable bonds is 4. The van der Waals surface area contributed by atoms with Gasteiger partial charge in [-0.05, 0) is 13.8 Å². The molecule has 6 heteroatoms. The maximum atomic E-state index is 10.5. The molecule has 0 heterocycles. The minimum atomic E-state index is -3.69. The van der Waals surface area contributed by atoms with Crippen molar-refractivity contribution in [3.8, 4) is 0 Å². The fourth-order valence-electron chi connectivity index (χ4n) is 0.364. The molecule has 1 N–H and O–H groups in total. The van der Waals surface area contributed by atoms with Crippen molar-refractivity contribution in [3.63, 3.8) is 0 Å². The fourth-order valence-corrected chi connectivity index (χ4v) is 1.09. The Hall–Kier alpha value is 0.707. The second kappa shape index (κ2) is 6.42. The van der Waals surface area contributed by atoms with Gasteiger partial charge in [-0.1, -0.05) is 0 Å². The van der Waals surface area contributed by atoms with E-state index < -0.39 is 7.82 Å². The van der Waals surface area contributed by atoms with Crippen molar-refractivity contribution >= 4 is 26.7 Å². The maximum Gasteiger partial charge on any atom is 0.472 e. The zero-order chi connectivity index (χ0) is 7.33. The van der Waals surface area contributed by atoms with Crippen LogP contribution in [0.25, 0.3) is 0 Å². The van der Waals surface area contributed by atoms with Crippen LogP contribution in [0.1, 0.15) is 13.8 Å². The molecular weight excluding hydrogens is 150 g/mol. The smallest absolute Gasteiger partial charge is 0.302 e. The van der Waals surface area contributed by atoms with Crippen LogP contribution in [0.2, 0.25) is 0 Å². The third-order valence-corrected chi connectivity index (χ3v) is 1.75. The summed E-state index contributed by atoms with van der Waals surface area (Å²) in [6.07, 6.45) is 0. The Balaban J connectivity index is 0. The van der Waals surface area contributed by atoms with Gasteiger partial charge in [-0.3, -0.25) is 9.05 Å². The molecule has 0 aromatic carbocycles. The van der Waals surface area contributed by atoms with Crippen LogP contribution in [0.3, 0.4) is 0 Å². The van der Waals surface area contributed by atoms with Crippen molar-refractivity contribution in [2.24, 2.45) is 0 Å². The minimum Gasteiger partial charge on any atom is -0.302 e. The third kappa shape index (κ3) is 6.82. The van der Waals surface area contributed by atoms with Crippen LogP contribution in [0.4, 0.5) is 0 Å². The first-order valence-corrected chi connectivity index (χ1v) is 4.23. The average Bonchev–Trinajstić information content (AvgIpc) is 1.64. The first kappa shape index (κ1) is 13.3. The summed E-state index contributed by atoms with van der Waals surface area (Å²) in [6, 6.07) is 0. The molecule has 0 rings (SSSR count). The SMILES string of the molecule is CCOP(=O)(O)OCC.[Li]. The zero-order valence-electron chi connectivity index (χ0n) is 6.53. The molecule has 0 spiro atoms. The Morgan fingerprint density at radius 3 is 1.80 bits per heavy atom. The Kier molecular flexibility index (Phi) is 8.54.